The second kappa shape index (κ2) is 8.49. The summed E-state index contributed by atoms with van der Waals surface area (Å²) in [5.74, 6) is 1.29. The number of benzene rings is 1. The van der Waals surface area contributed by atoms with Gasteiger partial charge in [0.15, 0.2) is 0 Å². The second-order valence-electron chi connectivity index (χ2n) is 4.69. The molecule has 0 saturated heterocycles. The summed E-state index contributed by atoms with van der Waals surface area (Å²) < 4.78 is 15.6. The molecule has 1 amide bonds. The van der Waals surface area contributed by atoms with Crippen LogP contribution in [0.25, 0.3) is 0 Å². The highest BCUT2D eigenvalue weighted by Gasteiger charge is 2.17. The van der Waals surface area contributed by atoms with Crippen LogP contribution < -0.4 is 20.5 Å². The Morgan fingerprint density at radius 3 is 2.52 bits per heavy atom. The molecule has 21 heavy (non-hydrogen) atoms. The first-order valence-electron chi connectivity index (χ1n) is 6.79. The molecule has 0 radical (unpaired) electrons. The van der Waals surface area contributed by atoms with Crippen molar-refractivity contribution in [3.8, 4) is 11.5 Å². The Hall–Kier alpha value is -1.79. The number of nitrogens with two attached hydrogens (primary N) is 1. The fourth-order valence-electron chi connectivity index (χ4n) is 2.03. The van der Waals surface area contributed by atoms with Crippen molar-refractivity contribution in [2.75, 3.05) is 27.9 Å². The van der Waals surface area contributed by atoms with Gasteiger partial charge >= 0.3 is 0 Å². The quantitative estimate of drug-likeness (QED) is 0.754. The minimum atomic E-state index is -0.274. The molecule has 6 nitrogen and oxygen atoms in total. The molecular formula is C15H24N2O4. The summed E-state index contributed by atoms with van der Waals surface area (Å²) >= 11 is 0. The van der Waals surface area contributed by atoms with Crippen molar-refractivity contribution in [3.63, 3.8) is 0 Å². The summed E-state index contributed by atoms with van der Waals surface area (Å²) in [5.41, 5.74) is 6.37. The van der Waals surface area contributed by atoms with E-state index in [2.05, 4.69) is 5.32 Å². The zero-order chi connectivity index (χ0) is 15.8. The van der Waals surface area contributed by atoms with E-state index >= 15 is 0 Å². The molecule has 0 fully saturated rings. The van der Waals surface area contributed by atoms with Gasteiger partial charge in [-0.05, 0) is 25.1 Å². The molecule has 0 aromatic heterocycles. The SMILES string of the molecule is COc1ccc(OC)c(C(C)NC(=O)CC(CN)OC)c1. The highest BCUT2D eigenvalue weighted by atomic mass is 16.5. The highest BCUT2D eigenvalue weighted by Crippen LogP contribution is 2.29. The summed E-state index contributed by atoms with van der Waals surface area (Å²) in [7, 11) is 4.73. The van der Waals surface area contributed by atoms with Crippen molar-refractivity contribution in [1.29, 1.82) is 0 Å². The molecule has 0 aliphatic heterocycles. The number of carbonyl (C=O) groups excluding carboxylic acids is 1. The molecule has 1 aromatic rings. The molecule has 118 valence electrons. The minimum absolute atomic E-state index is 0.121. The van der Waals surface area contributed by atoms with Crippen LogP contribution in [-0.4, -0.2) is 39.9 Å². The van der Waals surface area contributed by atoms with Crippen LogP contribution in [0, 0.1) is 0 Å². The fraction of sp³-hybridized carbons (Fsp3) is 0.533. The van der Waals surface area contributed by atoms with Gasteiger partial charge in [0.2, 0.25) is 5.91 Å². The maximum absolute atomic E-state index is 12.0. The van der Waals surface area contributed by atoms with Gasteiger partial charge in [0.05, 0.1) is 32.8 Å². The third-order valence-corrected chi connectivity index (χ3v) is 3.29. The maximum Gasteiger partial charge on any atom is 0.223 e. The van der Waals surface area contributed by atoms with Gasteiger partial charge in [-0.25, -0.2) is 0 Å². The molecule has 3 N–H and O–H groups in total. The average Bonchev–Trinajstić information content (AvgIpc) is 2.51. The smallest absolute Gasteiger partial charge is 0.223 e. The van der Waals surface area contributed by atoms with Crippen LogP contribution in [0.2, 0.25) is 0 Å². The van der Waals surface area contributed by atoms with Gasteiger partial charge in [-0.1, -0.05) is 0 Å². The lowest BCUT2D eigenvalue weighted by molar-refractivity contribution is -0.124. The van der Waals surface area contributed by atoms with Crippen LogP contribution in [-0.2, 0) is 9.53 Å². The van der Waals surface area contributed by atoms with Crippen molar-refractivity contribution >= 4 is 5.91 Å². The van der Waals surface area contributed by atoms with Crippen LogP contribution in [0.3, 0.4) is 0 Å². The zero-order valence-electron chi connectivity index (χ0n) is 13.0. The first-order valence-corrected chi connectivity index (χ1v) is 6.79. The van der Waals surface area contributed by atoms with Crippen molar-refractivity contribution in [1.82, 2.24) is 5.32 Å². The Morgan fingerprint density at radius 2 is 2.00 bits per heavy atom. The van der Waals surface area contributed by atoms with Gasteiger partial charge in [-0.2, -0.15) is 0 Å². The maximum atomic E-state index is 12.0. The second-order valence-corrected chi connectivity index (χ2v) is 4.69. The summed E-state index contributed by atoms with van der Waals surface area (Å²) in [5, 5.41) is 2.91. The Kier molecular flexibility index (Phi) is 6.98. The lowest BCUT2D eigenvalue weighted by atomic mass is 10.1. The Morgan fingerprint density at radius 1 is 1.29 bits per heavy atom. The lowest BCUT2D eigenvalue weighted by Gasteiger charge is -2.19. The van der Waals surface area contributed by atoms with E-state index in [1.807, 2.05) is 25.1 Å². The minimum Gasteiger partial charge on any atom is -0.497 e. The number of nitrogens with one attached hydrogen (secondary N) is 1. The number of ether oxygens (including phenoxy) is 3. The van der Waals surface area contributed by atoms with Gasteiger partial charge in [-0.3, -0.25) is 4.79 Å². The average molecular weight is 296 g/mol. The number of rotatable bonds is 8. The van der Waals surface area contributed by atoms with E-state index in [1.54, 1.807) is 21.3 Å². The van der Waals surface area contributed by atoms with Crippen molar-refractivity contribution in [3.05, 3.63) is 23.8 Å². The number of methoxy groups -OCH3 is 3. The fourth-order valence-corrected chi connectivity index (χ4v) is 2.03. The van der Waals surface area contributed by atoms with Gasteiger partial charge in [0.1, 0.15) is 11.5 Å². The normalized spacial score (nSPS) is 13.4. The summed E-state index contributed by atoms with van der Waals surface area (Å²) in [4.78, 5) is 12.0. The van der Waals surface area contributed by atoms with Gasteiger partial charge in [-0.15, -0.1) is 0 Å². The van der Waals surface area contributed by atoms with Crippen molar-refractivity contribution < 1.29 is 19.0 Å². The summed E-state index contributed by atoms with van der Waals surface area (Å²) in [6.07, 6.45) is -0.0479. The molecule has 0 saturated carbocycles. The first-order chi connectivity index (χ1) is 10.0. The molecule has 1 aromatic carbocycles. The van der Waals surface area contributed by atoms with Crippen LogP contribution in [0.1, 0.15) is 24.9 Å². The summed E-state index contributed by atoms with van der Waals surface area (Å²) in [6, 6.07) is 5.26. The molecule has 6 heteroatoms. The molecular weight excluding hydrogens is 272 g/mol. The van der Waals surface area contributed by atoms with Crippen LogP contribution in [0.15, 0.2) is 18.2 Å². The van der Waals surface area contributed by atoms with Gasteiger partial charge < -0.3 is 25.3 Å². The molecule has 1 rings (SSSR count). The number of hydrogen-bond donors (Lipinski definition) is 2. The van der Waals surface area contributed by atoms with Crippen molar-refractivity contribution in [2.45, 2.75) is 25.5 Å². The molecule has 0 bridgehead atoms. The van der Waals surface area contributed by atoms with Crippen LogP contribution >= 0.6 is 0 Å². The third kappa shape index (κ3) is 4.91. The van der Waals surface area contributed by atoms with E-state index in [0.717, 1.165) is 5.56 Å². The Bertz CT molecular complexity index is 461. The molecule has 0 aliphatic carbocycles. The summed E-state index contributed by atoms with van der Waals surface area (Å²) in [6.45, 7) is 2.19. The van der Waals surface area contributed by atoms with E-state index < -0.39 is 0 Å². The van der Waals surface area contributed by atoms with Crippen molar-refractivity contribution in [2.24, 2.45) is 5.73 Å². The van der Waals surface area contributed by atoms with Crippen LogP contribution in [0.5, 0.6) is 11.5 Å². The number of hydrogen-bond acceptors (Lipinski definition) is 5. The molecule has 2 unspecified atom stereocenters. The molecule has 2 atom stereocenters. The predicted molar refractivity (Wildman–Crippen MR) is 80.6 cm³/mol. The van der Waals surface area contributed by atoms with E-state index in [-0.39, 0.29) is 24.5 Å². The van der Waals surface area contributed by atoms with E-state index in [9.17, 15) is 4.79 Å². The van der Waals surface area contributed by atoms with E-state index in [1.165, 1.54) is 0 Å². The lowest BCUT2D eigenvalue weighted by Crippen LogP contribution is -2.33. The zero-order valence-corrected chi connectivity index (χ0v) is 13.0. The topological polar surface area (TPSA) is 82.8 Å². The largest absolute Gasteiger partial charge is 0.497 e. The Balaban J connectivity index is 2.78. The first kappa shape index (κ1) is 17.3. The monoisotopic (exact) mass is 296 g/mol. The number of carbonyl (C=O) groups is 1. The van der Waals surface area contributed by atoms with E-state index in [0.29, 0.717) is 18.0 Å². The van der Waals surface area contributed by atoms with Gasteiger partial charge in [0.25, 0.3) is 0 Å². The van der Waals surface area contributed by atoms with Crippen LogP contribution in [0.4, 0.5) is 0 Å². The van der Waals surface area contributed by atoms with Gasteiger partial charge in [0, 0.05) is 19.2 Å². The molecule has 0 spiro atoms. The third-order valence-electron chi connectivity index (χ3n) is 3.29. The number of amides is 1. The molecule has 0 aliphatic rings. The molecule has 0 heterocycles. The van der Waals surface area contributed by atoms with E-state index in [4.69, 9.17) is 19.9 Å². The highest BCUT2D eigenvalue weighted by molar-refractivity contribution is 5.77. The standard InChI is InChI=1S/C15H24N2O4/c1-10(17-15(18)8-12(9-16)20-3)13-7-11(19-2)5-6-14(13)21-4/h5-7,10,12H,8-9,16H2,1-4H3,(H,17,18). The Labute approximate surface area is 125 Å². The predicted octanol–water partition coefficient (Wildman–Crippen LogP) is 1.24.